The maximum atomic E-state index is 12.3. The Morgan fingerprint density at radius 3 is 2.48 bits per heavy atom. The maximum Gasteiger partial charge on any atom is 0.264 e. The smallest absolute Gasteiger partial charge is 0.264 e. The minimum atomic E-state index is -0.512. The van der Waals surface area contributed by atoms with Crippen LogP contribution < -0.4 is 5.32 Å². The van der Waals surface area contributed by atoms with Crippen molar-refractivity contribution < 1.29 is 9.63 Å². The van der Waals surface area contributed by atoms with Crippen molar-refractivity contribution in [2.24, 2.45) is 5.16 Å². The van der Waals surface area contributed by atoms with E-state index in [9.17, 15) is 4.79 Å². The Labute approximate surface area is 135 Å². The predicted molar refractivity (Wildman–Crippen MR) is 88.2 cm³/mol. The van der Waals surface area contributed by atoms with Crippen LogP contribution in [0.25, 0.3) is 0 Å². The van der Waals surface area contributed by atoms with Crippen LogP contribution in [0, 0.1) is 0 Å². The zero-order valence-corrected chi connectivity index (χ0v) is 12.7. The standard InChI is InChI=1S/C19H18N2O2/c22-19(20-17-11-15(17)13-7-3-1-4-8-13)18-12-16(21-23-18)14-9-5-2-6-10-14/h1-10,15,17-18H,11-12H2,(H,20,22)/t15-,17+,18+/m0/s1. The van der Waals surface area contributed by atoms with E-state index in [1.807, 2.05) is 48.5 Å². The molecule has 4 nitrogen and oxygen atoms in total. The van der Waals surface area contributed by atoms with Gasteiger partial charge in [0, 0.05) is 18.4 Å². The van der Waals surface area contributed by atoms with Crippen LogP contribution in [0.5, 0.6) is 0 Å². The molecular formula is C19H18N2O2. The molecule has 0 saturated heterocycles. The van der Waals surface area contributed by atoms with E-state index in [0.717, 1.165) is 17.7 Å². The molecule has 1 N–H and O–H groups in total. The summed E-state index contributed by atoms with van der Waals surface area (Å²) in [5.41, 5.74) is 3.13. The summed E-state index contributed by atoms with van der Waals surface area (Å²) in [6.45, 7) is 0. The van der Waals surface area contributed by atoms with Crippen molar-refractivity contribution in [3.63, 3.8) is 0 Å². The fourth-order valence-electron chi connectivity index (χ4n) is 3.02. The van der Waals surface area contributed by atoms with Gasteiger partial charge in [-0.3, -0.25) is 4.79 Å². The van der Waals surface area contributed by atoms with Gasteiger partial charge in [-0.1, -0.05) is 65.8 Å². The lowest BCUT2D eigenvalue weighted by molar-refractivity contribution is -0.131. The van der Waals surface area contributed by atoms with Gasteiger partial charge in [-0.15, -0.1) is 0 Å². The molecule has 1 aliphatic carbocycles. The average molecular weight is 306 g/mol. The van der Waals surface area contributed by atoms with Crippen molar-refractivity contribution >= 4 is 11.6 Å². The number of carbonyl (C=O) groups is 1. The van der Waals surface area contributed by atoms with E-state index in [1.165, 1.54) is 5.56 Å². The van der Waals surface area contributed by atoms with Crippen molar-refractivity contribution in [2.45, 2.75) is 30.9 Å². The first-order valence-electron chi connectivity index (χ1n) is 7.95. The lowest BCUT2D eigenvalue weighted by atomic mass is 10.0. The van der Waals surface area contributed by atoms with Gasteiger partial charge in [-0.05, 0) is 17.5 Å². The van der Waals surface area contributed by atoms with Gasteiger partial charge < -0.3 is 10.2 Å². The second kappa shape index (κ2) is 5.88. The molecule has 2 aromatic rings. The lowest BCUT2D eigenvalue weighted by Crippen LogP contribution is -2.36. The Morgan fingerprint density at radius 1 is 1.04 bits per heavy atom. The largest absolute Gasteiger partial charge is 0.382 e. The number of benzene rings is 2. The van der Waals surface area contributed by atoms with Crippen molar-refractivity contribution in [3.8, 4) is 0 Å². The van der Waals surface area contributed by atoms with Gasteiger partial charge in [0.15, 0.2) is 0 Å². The van der Waals surface area contributed by atoms with Gasteiger partial charge >= 0.3 is 0 Å². The van der Waals surface area contributed by atoms with E-state index in [0.29, 0.717) is 12.3 Å². The van der Waals surface area contributed by atoms with Gasteiger partial charge in [-0.25, -0.2) is 0 Å². The van der Waals surface area contributed by atoms with Crippen LogP contribution in [0.4, 0.5) is 0 Å². The van der Waals surface area contributed by atoms with Crippen LogP contribution in [0.15, 0.2) is 65.8 Å². The lowest BCUT2D eigenvalue weighted by Gasteiger charge is -2.09. The van der Waals surface area contributed by atoms with E-state index >= 15 is 0 Å². The van der Waals surface area contributed by atoms with E-state index in [-0.39, 0.29) is 11.9 Å². The number of amides is 1. The monoisotopic (exact) mass is 306 g/mol. The Hall–Kier alpha value is -2.62. The van der Waals surface area contributed by atoms with Crippen LogP contribution >= 0.6 is 0 Å². The zero-order valence-electron chi connectivity index (χ0n) is 12.7. The van der Waals surface area contributed by atoms with Crippen molar-refractivity contribution in [2.75, 3.05) is 0 Å². The summed E-state index contributed by atoms with van der Waals surface area (Å²) in [7, 11) is 0. The van der Waals surface area contributed by atoms with Gasteiger partial charge in [-0.2, -0.15) is 0 Å². The Balaban J connectivity index is 1.32. The van der Waals surface area contributed by atoms with E-state index in [2.05, 4.69) is 22.6 Å². The first kappa shape index (κ1) is 14.0. The van der Waals surface area contributed by atoms with E-state index in [1.54, 1.807) is 0 Å². The second-order valence-corrected chi connectivity index (χ2v) is 6.07. The molecule has 3 atom stereocenters. The minimum Gasteiger partial charge on any atom is -0.382 e. The zero-order chi connectivity index (χ0) is 15.6. The Bertz CT molecular complexity index is 728. The van der Waals surface area contributed by atoms with Crippen LogP contribution in [0.2, 0.25) is 0 Å². The first-order chi connectivity index (χ1) is 11.3. The minimum absolute atomic E-state index is 0.0666. The van der Waals surface area contributed by atoms with E-state index < -0.39 is 6.10 Å². The number of oxime groups is 1. The molecular weight excluding hydrogens is 288 g/mol. The molecule has 1 heterocycles. The highest BCUT2D eigenvalue weighted by molar-refractivity contribution is 6.04. The summed E-state index contributed by atoms with van der Waals surface area (Å²) in [6.07, 6.45) is 1.01. The molecule has 2 aliphatic rings. The molecule has 4 heteroatoms. The van der Waals surface area contributed by atoms with Crippen molar-refractivity contribution in [3.05, 3.63) is 71.8 Å². The molecule has 0 radical (unpaired) electrons. The molecule has 0 bridgehead atoms. The fraction of sp³-hybridized carbons (Fsp3) is 0.263. The third-order valence-electron chi connectivity index (χ3n) is 4.41. The number of rotatable bonds is 4. The number of carbonyl (C=O) groups excluding carboxylic acids is 1. The van der Waals surface area contributed by atoms with Crippen LogP contribution in [0.3, 0.4) is 0 Å². The Morgan fingerprint density at radius 2 is 1.74 bits per heavy atom. The average Bonchev–Trinajstić information content (AvgIpc) is 3.19. The summed E-state index contributed by atoms with van der Waals surface area (Å²) in [4.78, 5) is 17.7. The Kier molecular flexibility index (Phi) is 3.58. The van der Waals surface area contributed by atoms with E-state index in [4.69, 9.17) is 4.84 Å². The van der Waals surface area contributed by atoms with Crippen LogP contribution in [-0.2, 0) is 9.63 Å². The summed E-state index contributed by atoms with van der Waals surface area (Å²) >= 11 is 0. The van der Waals surface area contributed by atoms with Gasteiger partial charge in [0.2, 0.25) is 6.10 Å². The molecule has 23 heavy (non-hydrogen) atoms. The second-order valence-electron chi connectivity index (χ2n) is 6.07. The summed E-state index contributed by atoms with van der Waals surface area (Å²) < 4.78 is 0. The quantitative estimate of drug-likeness (QED) is 0.944. The third kappa shape index (κ3) is 2.97. The van der Waals surface area contributed by atoms with Crippen LogP contribution in [0.1, 0.15) is 29.9 Å². The van der Waals surface area contributed by atoms with Crippen LogP contribution in [-0.4, -0.2) is 23.8 Å². The molecule has 1 aliphatic heterocycles. The SMILES string of the molecule is O=C(N[C@@H]1C[C@H]1c1ccccc1)[C@H]1CC(c2ccccc2)=NO1. The molecule has 2 aromatic carbocycles. The van der Waals surface area contributed by atoms with Crippen molar-refractivity contribution in [1.29, 1.82) is 0 Å². The molecule has 1 fully saturated rings. The number of nitrogens with one attached hydrogen (secondary N) is 1. The number of nitrogens with zero attached hydrogens (tertiary/aromatic N) is 1. The number of hydrogen-bond acceptors (Lipinski definition) is 3. The summed E-state index contributed by atoms with van der Waals surface area (Å²) in [5, 5.41) is 7.15. The number of hydrogen-bond donors (Lipinski definition) is 1. The highest BCUT2D eigenvalue weighted by Crippen LogP contribution is 2.40. The molecule has 4 rings (SSSR count). The molecule has 0 spiro atoms. The molecule has 1 saturated carbocycles. The normalized spacial score (nSPS) is 25.4. The first-order valence-corrected chi connectivity index (χ1v) is 7.95. The highest BCUT2D eigenvalue weighted by Gasteiger charge is 2.41. The molecule has 1 amide bonds. The van der Waals surface area contributed by atoms with Gasteiger partial charge in [0.1, 0.15) is 0 Å². The fourth-order valence-corrected chi connectivity index (χ4v) is 3.02. The topological polar surface area (TPSA) is 50.7 Å². The summed E-state index contributed by atoms with van der Waals surface area (Å²) in [5.74, 6) is 0.360. The highest BCUT2D eigenvalue weighted by atomic mass is 16.6. The molecule has 116 valence electrons. The molecule has 0 aromatic heterocycles. The summed E-state index contributed by atoms with van der Waals surface area (Å²) in [6, 6.07) is 20.4. The maximum absolute atomic E-state index is 12.3. The van der Waals surface area contributed by atoms with Gasteiger partial charge in [0.05, 0.1) is 5.71 Å². The third-order valence-corrected chi connectivity index (χ3v) is 4.41. The van der Waals surface area contributed by atoms with Gasteiger partial charge in [0.25, 0.3) is 5.91 Å². The van der Waals surface area contributed by atoms with Crippen molar-refractivity contribution in [1.82, 2.24) is 5.32 Å². The predicted octanol–water partition coefficient (Wildman–Crippen LogP) is 2.85. The molecule has 0 unspecified atom stereocenters.